The van der Waals surface area contributed by atoms with E-state index in [1.165, 1.54) is 4.90 Å². The number of carbonyl (C=O) groups excluding carboxylic acids is 1. The van der Waals surface area contributed by atoms with Gasteiger partial charge >= 0.3 is 5.97 Å². The van der Waals surface area contributed by atoms with Crippen molar-refractivity contribution >= 4 is 11.9 Å². The minimum absolute atomic E-state index is 0.136. The largest absolute Gasteiger partial charge is 0.480 e. The molecule has 0 fully saturated rings. The minimum Gasteiger partial charge on any atom is -0.480 e. The summed E-state index contributed by atoms with van der Waals surface area (Å²) < 4.78 is 5.10. The van der Waals surface area contributed by atoms with Gasteiger partial charge in [0.05, 0.1) is 6.61 Å². The Kier molecular flexibility index (Phi) is 4.70. The third kappa shape index (κ3) is 3.15. The van der Waals surface area contributed by atoms with Crippen molar-refractivity contribution < 1.29 is 19.4 Å². The summed E-state index contributed by atoms with van der Waals surface area (Å²) in [5.41, 5.74) is 7.25. The number of carboxylic acids is 1. The van der Waals surface area contributed by atoms with Crippen molar-refractivity contribution in [3.05, 3.63) is 35.4 Å². The molecular weight excluding hydrogens is 260 g/mol. The van der Waals surface area contributed by atoms with Crippen molar-refractivity contribution in [2.45, 2.75) is 19.0 Å². The van der Waals surface area contributed by atoms with Gasteiger partial charge < -0.3 is 20.5 Å². The van der Waals surface area contributed by atoms with E-state index in [-0.39, 0.29) is 19.1 Å². The monoisotopic (exact) mass is 278 g/mol. The van der Waals surface area contributed by atoms with Crippen molar-refractivity contribution in [1.82, 2.24) is 4.90 Å². The first-order valence-electron chi connectivity index (χ1n) is 6.50. The summed E-state index contributed by atoms with van der Waals surface area (Å²) in [4.78, 5) is 24.8. The van der Waals surface area contributed by atoms with Gasteiger partial charge in [0, 0.05) is 19.5 Å². The van der Waals surface area contributed by atoms with Crippen LogP contribution in [-0.4, -0.2) is 47.7 Å². The van der Waals surface area contributed by atoms with Gasteiger partial charge in [-0.1, -0.05) is 24.3 Å². The summed E-state index contributed by atoms with van der Waals surface area (Å²) in [5, 5.41) is 9.30. The molecule has 6 nitrogen and oxygen atoms in total. The fraction of sp³-hybridized carbons (Fsp3) is 0.429. The van der Waals surface area contributed by atoms with Crippen LogP contribution in [0, 0.1) is 0 Å². The van der Waals surface area contributed by atoms with Crippen molar-refractivity contribution in [2.24, 2.45) is 5.73 Å². The number of nitrogens with two attached hydrogens (primary N) is 1. The Balaban J connectivity index is 2.13. The lowest BCUT2D eigenvalue weighted by Crippen LogP contribution is -2.49. The van der Waals surface area contributed by atoms with E-state index < -0.39 is 12.0 Å². The summed E-state index contributed by atoms with van der Waals surface area (Å²) in [6.45, 7) is 0.785. The maximum absolute atomic E-state index is 12.1. The van der Waals surface area contributed by atoms with Crippen LogP contribution in [0.4, 0.5) is 0 Å². The van der Waals surface area contributed by atoms with E-state index in [1.54, 1.807) is 0 Å². The van der Waals surface area contributed by atoms with Gasteiger partial charge in [0.25, 0.3) is 0 Å². The Morgan fingerprint density at radius 3 is 2.70 bits per heavy atom. The highest BCUT2D eigenvalue weighted by Crippen LogP contribution is 2.23. The van der Waals surface area contributed by atoms with Gasteiger partial charge in [0.2, 0.25) is 5.91 Å². The van der Waals surface area contributed by atoms with Gasteiger partial charge in [-0.2, -0.15) is 0 Å². The van der Waals surface area contributed by atoms with Gasteiger partial charge in [-0.3, -0.25) is 4.79 Å². The molecule has 20 heavy (non-hydrogen) atoms. The van der Waals surface area contributed by atoms with E-state index in [4.69, 9.17) is 10.5 Å². The van der Waals surface area contributed by atoms with E-state index in [0.29, 0.717) is 19.5 Å². The van der Waals surface area contributed by atoms with Crippen molar-refractivity contribution in [3.8, 4) is 0 Å². The Morgan fingerprint density at radius 2 is 2.05 bits per heavy atom. The molecule has 1 heterocycles. The number of ether oxygens (including phenoxy) is 1. The van der Waals surface area contributed by atoms with Crippen molar-refractivity contribution in [3.63, 3.8) is 0 Å². The maximum Gasteiger partial charge on any atom is 0.326 e. The molecule has 2 rings (SSSR count). The zero-order chi connectivity index (χ0) is 14.5. The van der Waals surface area contributed by atoms with Gasteiger partial charge in [-0.15, -0.1) is 0 Å². The number of benzene rings is 1. The average molecular weight is 278 g/mol. The fourth-order valence-corrected chi connectivity index (χ4v) is 2.33. The smallest absolute Gasteiger partial charge is 0.326 e. The molecule has 0 saturated carbocycles. The first kappa shape index (κ1) is 14.5. The Labute approximate surface area is 117 Å². The first-order chi connectivity index (χ1) is 9.63. The number of amides is 1. The van der Waals surface area contributed by atoms with Crippen LogP contribution in [0.2, 0.25) is 0 Å². The summed E-state index contributed by atoms with van der Waals surface area (Å²) in [7, 11) is 0. The van der Waals surface area contributed by atoms with Gasteiger partial charge in [0.1, 0.15) is 12.6 Å². The third-order valence-electron chi connectivity index (χ3n) is 3.34. The minimum atomic E-state index is -0.994. The van der Waals surface area contributed by atoms with E-state index in [1.807, 2.05) is 24.3 Å². The van der Waals surface area contributed by atoms with Gasteiger partial charge in [-0.05, 0) is 11.1 Å². The molecule has 0 saturated heterocycles. The number of carboxylic acid groups (broad SMARTS) is 1. The standard InChI is InChI=1S/C14H18N2O4/c15-5-6-20-9-13(17)16-8-11-4-2-1-3-10(11)7-12(16)14(18)19/h1-4,12H,5-9,15H2,(H,18,19)/t12-/m0/s1. The number of carbonyl (C=O) groups is 2. The van der Waals surface area contributed by atoms with Gasteiger partial charge in [0.15, 0.2) is 0 Å². The van der Waals surface area contributed by atoms with Crippen LogP contribution in [0.5, 0.6) is 0 Å². The predicted molar refractivity (Wildman–Crippen MR) is 72.0 cm³/mol. The molecule has 0 unspecified atom stereocenters. The average Bonchev–Trinajstić information content (AvgIpc) is 2.46. The highest BCUT2D eigenvalue weighted by molar-refractivity contribution is 5.85. The summed E-state index contributed by atoms with van der Waals surface area (Å²) in [6, 6.07) is 6.73. The first-order valence-corrected chi connectivity index (χ1v) is 6.50. The van der Waals surface area contributed by atoms with Crippen molar-refractivity contribution in [2.75, 3.05) is 19.8 Å². The molecule has 6 heteroatoms. The summed E-state index contributed by atoms with van der Waals surface area (Å²) >= 11 is 0. The number of hydrogen-bond acceptors (Lipinski definition) is 4. The van der Waals surface area contributed by atoms with Crippen molar-refractivity contribution in [1.29, 1.82) is 0 Å². The molecular formula is C14H18N2O4. The molecule has 1 aliphatic rings. The SMILES string of the molecule is NCCOCC(=O)N1Cc2ccccc2C[C@H]1C(=O)O. The Bertz CT molecular complexity index is 504. The van der Waals surface area contributed by atoms with Crippen LogP contribution in [0.25, 0.3) is 0 Å². The second kappa shape index (κ2) is 6.49. The van der Waals surface area contributed by atoms with Gasteiger partial charge in [-0.25, -0.2) is 4.79 Å². The van der Waals surface area contributed by atoms with E-state index in [2.05, 4.69) is 0 Å². The number of nitrogens with zero attached hydrogens (tertiary/aromatic N) is 1. The Morgan fingerprint density at radius 1 is 1.35 bits per heavy atom. The van der Waals surface area contributed by atoms with Crippen LogP contribution in [0.15, 0.2) is 24.3 Å². The molecule has 1 amide bonds. The lowest BCUT2D eigenvalue weighted by atomic mass is 9.94. The highest BCUT2D eigenvalue weighted by atomic mass is 16.5. The lowest BCUT2D eigenvalue weighted by Gasteiger charge is -2.34. The molecule has 0 aliphatic carbocycles. The summed E-state index contributed by atoms with van der Waals surface area (Å²) in [5.74, 6) is -1.31. The molecule has 108 valence electrons. The second-order valence-corrected chi connectivity index (χ2v) is 4.69. The van der Waals surface area contributed by atoms with E-state index >= 15 is 0 Å². The zero-order valence-electron chi connectivity index (χ0n) is 11.1. The number of rotatable bonds is 5. The number of aliphatic carboxylic acids is 1. The lowest BCUT2D eigenvalue weighted by molar-refractivity contribution is -0.153. The second-order valence-electron chi connectivity index (χ2n) is 4.69. The van der Waals surface area contributed by atoms with Crippen LogP contribution in [0.3, 0.4) is 0 Å². The zero-order valence-corrected chi connectivity index (χ0v) is 11.1. The molecule has 0 bridgehead atoms. The van der Waals surface area contributed by atoms with Crippen LogP contribution in [-0.2, 0) is 27.3 Å². The van der Waals surface area contributed by atoms with Crippen LogP contribution >= 0.6 is 0 Å². The molecule has 1 atom stereocenters. The molecule has 3 N–H and O–H groups in total. The highest BCUT2D eigenvalue weighted by Gasteiger charge is 2.34. The molecule has 0 aromatic heterocycles. The van der Waals surface area contributed by atoms with E-state index in [9.17, 15) is 14.7 Å². The predicted octanol–water partition coefficient (Wildman–Crippen LogP) is -0.000200. The maximum atomic E-state index is 12.1. The number of hydrogen-bond donors (Lipinski definition) is 2. The Hall–Kier alpha value is -1.92. The quantitative estimate of drug-likeness (QED) is 0.740. The molecule has 1 aromatic carbocycles. The molecule has 1 aromatic rings. The molecule has 1 aliphatic heterocycles. The third-order valence-corrected chi connectivity index (χ3v) is 3.34. The van der Waals surface area contributed by atoms with Crippen LogP contribution in [0.1, 0.15) is 11.1 Å². The molecule has 0 radical (unpaired) electrons. The van der Waals surface area contributed by atoms with E-state index in [0.717, 1.165) is 11.1 Å². The molecule has 0 spiro atoms. The summed E-state index contributed by atoms with van der Waals surface area (Å²) in [6.07, 6.45) is 0.328. The number of fused-ring (bicyclic) bond motifs is 1. The normalized spacial score (nSPS) is 17.6. The topological polar surface area (TPSA) is 92.9 Å². The van der Waals surface area contributed by atoms with Crippen LogP contribution < -0.4 is 5.73 Å². The fourth-order valence-electron chi connectivity index (χ4n) is 2.33.